The van der Waals surface area contributed by atoms with Crippen LogP contribution in [0.2, 0.25) is 0 Å². The first-order valence-corrected chi connectivity index (χ1v) is 9.68. The smallest absolute Gasteiger partial charge is 0.431 e. The molecule has 0 saturated carbocycles. The van der Waals surface area contributed by atoms with Crippen molar-refractivity contribution in [2.24, 2.45) is 0 Å². The highest BCUT2D eigenvalue weighted by Gasteiger charge is 2.29. The maximum absolute atomic E-state index is 13.6. The third-order valence-corrected chi connectivity index (χ3v) is 5.04. The van der Waals surface area contributed by atoms with Gasteiger partial charge in [-0.25, -0.2) is 19.2 Å². The van der Waals surface area contributed by atoms with Crippen molar-refractivity contribution in [3.63, 3.8) is 0 Å². The molecule has 4 aromatic rings. The molecule has 0 radical (unpaired) electrons. The number of rotatable bonds is 3. The number of benzene rings is 3. The number of amides is 2. The number of nitrogens with two attached hydrogens (primary N) is 1. The number of fused-ring (bicyclic) bond motifs is 1. The van der Waals surface area contributed by atoms with Crippen LogP contribution in [0.3, 0.4) is 0 Å². The number of pyridine rings is 1. The van der Waals surface area contributed by atoms with Crippen LogP contribution in [0.1, 0.15) is 10.4 Å². The van der Waals surface area contributed by atoms with Crippen molar-refractivity contribution in [2.45, 2.75) is 0 Å². The summed E-state index contributed by atoms with van der Waals surface area (Å²) < 4.78 is 13.4. The van der Waals surface area contributed by atoms with Gasteiger partial charge in [0.15, 0.2) is 0 Å². The lowest BCUT2D eigenvalue weighted by molar-refractivity contribution is 0.0772. The van der Waals surface area contributed by atoms with Gasteiger partial charge in [0.25, 0.3) is 5.91 Å². The average Bonchev–Trinajstić information content (AvgIpc) is 2.79. The van der Waals surface area contributed by atoms with Crippen LogP contribution in [0.4, 0.5) is 20.6 Å². The Hall–Kier alpha value is -4.46. The first-order valence-electron chi connectivity index (χ1n) is 9.68. The number of carbonyl (C=O) groups is 2. The second-order valence-corrected chi connectivity index (χ2v) is 7.03. The molecule has 0 saturated heterocycles. The van der Waals surface area contributed by atoms with E-state index in [9.17, 15) is 19.1 Å². The van der Waals surface area contributed by atoms with Crippen LogP contribution in [-0.4, -0.2) is 34.1 Å². The first-order chi connectivity index (χ1) is 15.4. The molecule has 3 aromatic carbocycles. The van der Waals surface area contributed by atoms with Gasteiger partial charge in [-0.3, -0.25) is 4.79 Å². The summed E-state index contributed by atoms with van der Waals surface area (Å²) in [5.74, 6) is -1.04. The van der Waals surface area contributed by atoms with Gasteiger partial charge in [0.2, 0.25) is 0 Å². The summed E-state index contributed by atoms with van der Waals surface area (Å²) in [6, 6.07) is 20.8. The number of anilines is 2. The number of hydrazine groups is 1. The number of para-hydroxylation sites is 2. The zero-order valence-corrected chi connectivity index (χ0v) is 17.1. The van der Waals surface area contributed by atoms with E-state index >= 15 is 0 Å². The summed E-state index contributed by atoms with van der Waals surface area (Å²) in [5.41, 5.74) is 8.23. The highest BCUT2D eigenvalue weighted by Crippen LogP contribution is 2.33. The molecule has 0 aliphatic heterocycles. The minimum Gasteiger partial charge on any atom is -0.463 e. The van der Waals surface area contributed by atoms with Crippen molar-refractivity contribution in [3.05, 3.63) is 90.2 Å². The van der Waals surface area contributed by atoms with Crippen molar-refractivity contribution in [2.75, 3.05) is 17.8 Å². The maximum Gasteiger partial charge on any atom is 0.431 e. The largest absolute Gasteiger partial charge is 0.463 e. The fourth-order valence-electron chi connectivity index (χ4n) is 3.52. The van der Waals surface area contributed by atoms with Crippen LogP contribution in [0.5, 0.6) is 0 Å². The Morgan fingerprint density at radius 1 is 0.938 bits per heavy atom. The molecule has 0 aliphatic carbocycles. The molecule has 160 valence electrons. The summed E-state index contributed by atoms with van der Waals surface area (Å²) in [4.78, 5) is 30.2. The molecule has 0 spiro atoms. The van der Waals surface area contributed by atoms with Crippen LogP contribution >= 0.6 is 0 Å². The van der Waals surface area contributed by atoms with Crippen molar-refractivity contribution in [1.82, 2.24) is 9.99 Å². The number of halogens is 1. The normalized spacial score (nSPS) is 10.7. The lowest BCUT2D eigenvalue weighted by Crippen LogP contribution is -2.47. The molecule has 8 heteroatoms. The Balaban J connectivity index is 1.89. The summed E-state index contributed by atoms with van der Waals surface area (Å²) in [5, 5.41) is 12.1. The van der Waals surface area contributed by atoms with Crippen LogP contribution in [-0.2, 0) is 0 Å². The monoisotopic (exact) mass is 430 g/mol. The molecule has 0 bridgehead atoms. The molecule has 1 heterocycles. The van der Waals surface area contributed by atoms with E-state index in [4.69, 9.17) is 5.73 Å². The summed E-state index contributed by atoms with van der Waals surface area (Å²) in [6.45, 7) is 0. The Labute approximate surface area is 183 Å². The minimum atomic E-state index is -1.33. The van der Waals surface area contributed by atoms with Crippen molar-refractivity contribution in [3.8, 4) is 11.3 Å². The molecular weight excluding hydrogens is 411 g/mol. The number of hydrogen-bond donors (Lipinski definition) is 2. The summed E-state index contributed by atoms with van der Waals surface area (Å²) in [6.07, 6.45) is -1.33. The number of carbonyl (C=O) groups excluding carboxylic acids is 1. The molecule has 1 aromatic heterocycles. The maximum atomic E-state index is 13.6. The van der Waals surface area contributed by atoms with E-state index in [0.717, 1.165) is 10.0 Å². The topological polar surface area (TPSA) is 99.8 Å². The Kier molecular flexibility index (Phi) is 5.43. The molecule has 0 fully saturated rings. The van der Waals surface area contributed by atoms with Gasteiger partial charge in [-0.1, -0.05) is 36.4 Å². The first kappa shape index (κ1) is 20.8. The predicted octanol–water partition coefficient (Wildman–Crippen LogP) is 4.79. The quantitative estimate of drug-likeness (QED) is 0.455. The van der Waals surface area contributed by atoms with Gasteiger partial charge in [0, 0.05) is 18.0 Å². The van der Waals surface area contributed by atoms with E-state index < -0.39 is 17.8 Å². The molecule has 7 nitrogen and oxygen atoms in total. The highest BCUT2D eigenvalue weighted by molar-refractivity contribution is 6.14. The van der Waals surface area contributed by atoms with E-state index in [1.807, 2.05) is 0 Å². The zero-order valence-electron chi connectivity index (χ0n) is 17.1. The van der Waals surface area contributed by atoms with Crippen molar-refractivity contribution in [1.29, 1.82) is 0 Å². The van der Waals surface area contributed by atoms with E-state index in [-0.39, 0.29) is 11.3 Å². The third kappa shape index (κ3) is 3.69. The molecule has 0 aliphatic rings. The number of nitrogen functional groups attached to an aromatic ring is 1. The van der Waals surface area contributed by atoms with E-state index in [1.54, 1.807) is 54.6 Å². The van der Waals surface area contributed by atoms with Crippen LogP contribution < -0.4 is 10.7 Å². The zero-order chi connectivity index (χ0) is 22.8. The summed E-state index contributed by atoms with van der Waals surface area (Å²) >= 11 is 0. The molecule has 2 amide bonds. The SMILES string of the molecule is CN(C(=O)c1c(N)c(-c2ccc(F)cc2)nc2ccccc12)N(C(=O)O)c1ccccc1. The van der Waals surface area contributed by atoms with Crippen LogP contribution in [0.25, 0.3) is 22.2 Å². The average molecular weight is 430 g/mol. The Bertz CT molecular complexity index is 1310. The van der Waals surface area contributed by atoms with Crippen LogP contribution in [0, 0.1) is 5.82 Å². The Morgan fingerprint density at radius 2 is 1.56 bits per heavy atom. The third-order valence-electron chi connectivity index (χ3n) is 5.04. The van der Waals surface area contributed by atoms with Crippen molar-refractivity contribution < 1.29 is 19.1 Å². The van der Waals surface area contributed by atoms with Gasteiger partial charge in [-0.05, 0) is 42.5 Å². The fraction of sp³-hybridized carbons (Fsp3) is 0.0417. The lowest BCUT2D eigenvalue weighted by Gasteiger charge is -2.30. The summed E-state index contributed by atoms with van der Waals surface area (Å²) in [7, 11) is 1.36. The predicted molar refractivity (Wildman–Crippen MR) is 121 cm³/mol. The van der Waals surface area contributed by atoms with Gasteiger partial charge in [-0.15, -0.1) is 0 Å². The lowest BCUT2D eigenvalue weighted by atomic mass is 10.0. The number of hydrogen-bond acceptors (Lipinski definition) is 4. The molecule has 32 heavy (non-hydrogen) atoms. The molecule has 0 atom stereocenters. The minimum absolute atomic E-state index is 0.0746. The molecular formula is C24H19FN4O3. The molecule has 0 unspecified atom stereocenters. The van der Waals surface area contributed by atoms with Crippen LogP contribution in [0.15, 0.2) is 78.9 Å². The highest BCUT2D eigenvalue weighted by atomic mass is 19.1. The van der Waals surface area contributed by atoms with Gasteiger partial charge in [0.1, 0.15) is 5.82 Å². The number of carboxylic acid groups (broad SMARTS) is 1. The van der Waals surface area contributed by atoms with E-state index in [1.165, 1.54) is 31.3 Å². The fourth-order valence-corrected chi connectivity index (χ4v) is 3.52. The second-order valence-electron chi connectivity index (χ2n) is 7.03. The molecule has 4 rings (SSSR count). The van der Waals surface area contributed by atoms with E-state index in [2.05, 4.69) is 4.98 Å². The number of aromatic nitrogens is 1. The standard InChI is InChI=1S/C24H19FN4O3/c1-28(29(24(31)32)17-7-3-2-4-8-17)23(30)20-18-9-5-6-10-19(18)27-22(21(20)26)15-11-13-16(25)14-12-15/h2-14H,26H2,1H3,(H,31,32). The molecule has 3 N–H and O–H groups in total. The number of nitrogens with zero attached hydrogens (tertiary/aromatic N) is 3. The second kappa shape index (κ2) is 8.35. The van der Waals surface area contributed by atoms with Gasteiger partial charge >= 0.3 is 6.09 Å². The van der Waals surface area contributed by atoms with E-state index in [0.29, 0.717) is 27.8 Å². The Morgan fingerprint density at radius 3 is 2.22 bits per heavy atom. The van der Waals surface area contributed by atoms with Crippen molar-refractivity contribution >= 4 is 34.3 Å². The van der Waals surface area contributed by atoms with Gasteiger partial charge in [0.05, 0.1) is 28.1 Å². The van der Waals surface area contributed by atoms with Gasteiger partial charge < -0.3 is 10.8 Å². The van der Waals surface area contributed by atoms with Gasteiger partial charge in [-0.2, -0.15) is 5.01 Å².